The molecular formula is C21H21N3O. The Morgan fingerprint density at radius 3 is 2.52 bits per heavy atom. The maximum atomic E-state index is 13.2. The minimum atomic E-state index is 0.116. The molecule has 3 aromatic rings. The lowest BCUT2D eigenvalue weighted by Crippen LogP contribution is -2.32. The second-order valence-corrected chi connectivity index (χ2v) is 6.52. The molecular weight excluding hydrogens is 310 g/mol. The van der Waals surface area contributed by atoms with Crippen molar-refractivity contribution in [2.24, 2.45) is 0 Å². The molecule has 0 radical (unpaired) electrons. The van der Waals surface area contributed by atoms with E-state index < -0.39 is 0 Å². The Morgan fingerprint density at radius 1 is 0.960 bits per heavy atom. The monoisotopic (exact) mass is 331 g/mol. The highest BCUT2D eigenvalue weighted by atomic mass is 16.2. The first-order chi connectivity index (χ1) is 12.3. The second-order valence-electron chi connectivity index (χ2n) is 6.52. The van der Waals surface area contributed by atoms with Gasteiger partial charge in [0.05, 0.1) is 16.8 Å². The highest BCUT2D eigenvalue weighted by Gasteiger charge is 2.20. The zero-order chi connectivity index (χ0) is 17.1. The zero-order valence-electron chi connectivity index (χ0n) is 14.2. The van der Waals surface area contributed by atoms with Gasteiger partial charge in [0.15, 0.2) is 0 Å². The van der Waals surface area contributed by atoms with Crippen molar-refractivity contribution in [3.8, 4) is 11.3 Å². The van der Waals surface area contributed by atoms with E-state index in [1.165, 1.54) is 12.8 Å². The molecule has 0 unspecified atom stereocenters. The number of fused-ring (bicyclic) bond motifs is 1. The number of hydrogen-bond donors (Lipinski definition) is 0. The van der Waals surface area contributed by atoms with Gasteiger partial charge in [-0.3, -0.25) is 9.78 Å². The van der Waals surface area contributed by atoms with E-state index in [4.69, 9.17) is 4.98 Å². The summed E-state index contributed by atoms with van der Waals surface area (Å²) in [6.07, 6.45) is 8.13. The SMILES string of the molecule is O=C(c1cc(-c2cccnc2)nc2ccccc12)N1CCCCCC1. The lowest BCUT2D eigenvalue weighted by atomic mass is 10.0. The number of amides is 1. The van der Waals surface area contributed by atoms with Crippen LogP contribution in [0.5, 0.6) is 0 Å². The molecule has 1 aromatic carbocycles. The number of rotatable bonds is 2. The molecule has 0 bridgehead atoms. The van der Waals surface area contributed by atoms with Gasteiger partial charge in [-0.2, -0.15) is 0 Å². The molecule has 0 saturated carbocycles. The second kappa shape index (κ2) is 7.01. The van der Waals surface area contributed by atoms with Gasteiger partial charge >= 0.3 is 0 Å². The smallest absolute Gasteiger partial charge is 0.254 e. The van der Waals surface area contributed by atoms with Crippen molar-refractivity contribution in [2.45, 2.75) is 25.7 Å². The van der Waals surface area contributed by atoms with Gasteiger partial charge in [0.25, 0.3) is 5.91 Å². The molecule has 0 aliphatic carbocycles. The van der Waals surface area contributed by atoms with Crippen molar-refractivity contribution in [1.82, 2.24) is 14.9 Å². The minimum Gasteiger partial charge on any atom is -0.339 e. The molecule has 4 nitrogen and oxygen atoms in total. The summed E-state index contributed by atoms with van der Waals surface area (Å²) in [5.74, 6) is 0.116. The van der Waals surface area contributed by atoms with E-state index in [1.807, 2.05) is 47.4 Å². The molecule has 1 aliphatic heterocycles. The fourth-order valence-corrected chi connectivity index (χ4v) is 3.46. The summed E-state index contributed by atoms with van der Waals surface area (Å²) in [4.78, 5) is 24.2. The summed E-state index contributed by atoms with van der Waals surface area (Å²) in [5.41, 5.74) is 3.32. The van der Waals surface area contributed by atoms with Crippen molar-refractivity contribution in [3.05, 3.63) is 60.4 Å². The van der Waals surface area contributed by atoms with Crippen molar-refractivity contribution < 1.29 is 4.79 Å². The third-order valence-corrected chi connectivity index (χ3v) is 4.80. The van der Waals surface area contributed by atoms with E-state index in [1.54, 1.807) is 12.4 Å². The van der Waals surface area contributed by atoms with Gasteiger partial charge in [-0.25, -0.2) is 4.98 Å². The summed E-state index contributed by atoms with van der Waals surface area (Å²) in [6, 6.07) is 13.7. The summed E-state index contributed by atoms with van der Waals surface area (Å²) in [5, 5.41) is 0.921. The fraction of sp³-hybridized carbons (Fsp3) is 0.286. The predicted molar refractivity (Wildman–Crippen MR) is 99.3 cm³/mol. The average molecular weight is 331 g/mol. The fourth-order valence-electron chi connectivity index (χ4n) is 3.46. The van der Waals surface area contributed by atoms with Crippen LogP contribution in [-0.2, 0) is 0 Å². The molecule has 4 rings (SSSR count). The molecule has 2 aromatic heterocycles. The van der Waals surface area contributed by atoms with Crippen LogP contribution in [0.1, 0.15) is 36.0 Å². The first-order valence-corrected chi connectivity index (χ1v) is 8.92. The van der Waals surface area contributed by atoms with Crippen LogP contribution in [0.2, 0.25) is 0 Å². The van der Waals surface area contributed by atoms with Crippen LogP contribution in [0.15, 0.2) is 54.9 Å². The van der Waals surface area contributed by atoms with E-state index >= 15 is 0 Å². The van der Waals surface area contributed by atoms with Crippen LogP contribution < -0.4 is 0 Å². The van der Waals surface area contributed by atoms with Gasteiger partial charge in [0.2, 0.25) is 0 Å². The summed E-state index contributed by atoms with van der Waals surface area (Å²) in [7, 11) is 0. The number of likely N-dealkylation sites (tertiary alicyclic amines) is 1. The van der Waals surface area contributed by atoms with E-state index in [0.29, 0.717) is 0 Å². The average Bonchev–Trinajstić information content (AvgIpc) is 2.97. The quantitative estimate of drug-likeness (QED) is 0.703. The van der Waals surface area contributed by atoms with E-state index in [2.05, 4.69) is 4.98 Å². The minimum absolute atomic E-state index is 0.116. The van der Waals surface area contributed by atoms with Gasteiger partial charge in [-0.15, -0.1) is 0 Å². The number of carbonyl (C=O) groups is 1. The van der Waals surface area contributed by atoms with Crippen LogP contribution in [0, 0.1) is 0 Å². The van der Waals surface area contributed by atoms with Crippen molar-refractivity contribution in [1.29, 1.82) is 0 Å². The number of hydrogen-bond acceptors (Lipinski definition) is 3. The Bertz CT molecular complexity index is 884. The maximum Gasteiger partial charge on any atom is 0.254 e. The van der Waals surface area contributed by atoms with Gasteiger partial charge < -0.3 is 4.90 Å². The van der Waals surface area contributed by atoms with Crippen LogP contribution >= 0.6 is 0 Å². The summed E-state index contributed by atoms with van der Waals surface area (Å²) in [6.45, 7) is 1.69. The van der Waals surface area contributed by atoms with Crippen LogP contribution in [-0.4, -0.2) is 33.9 Å². The Kier molecular flexibility index (Phi) is 4.42. The largest absolute Gasteiger partial charge is 0.339 e. The normalized spacial score (nSPS) is 15.1. The van der Waals surface area contributed by atoms with Crippen LogP contribution in [0.4, 0.5) is 0 Å². The maximum absolute atomic E-state index is 13.2. The number of aromatic nitrogens is 2. The van der Waals surface area contributed by atoms with E-state index in [9.17, 15) is 4.79 Å². The molecule has 1 amide bonds. The molecule has 0 atom stereocenters. The Labute approximate surface area is 147 Å². The Balaban J connectivity index is 1.82. The third kappa shape index (κ3) is 3.25. The molecule has 4 heteroatoms. The lowest BCUT2D eigenvalue weighted by Gasteiger charge is -2.21. The molecule has 3 heterocycles. The van der Waals surface area contributed by atoms with Crippen LogP contribution in [0.25, 0.3) is 22.2 Å². The number of benzene rings is 1. The third-order valence-electron chi connectivity index (χ3n) is 4.80. The van der Waals surface area contributed by atoms with Gasteiger partial charge in [-0.1, -0.05) is 31.0 Å². The van der Waals surface area contributed by atoms with Gasteiger partial charge in [0, 0.05) is 36.4 Å². The topological polar surface area (TPSA) is 46.1 Å². The molecule has 0 spiro atoms. The van der Waals surface area contributed by atoms with E-state index in [0.717, 1.165) is 53.7 Å². The zero-order valence-corrected chi connectivity index (χ0v) is 14.2. The molecule has 1 aliphatic rings. The highest BCUT2D eigenvalue weighted by Crippen LogP contribution is 2.26. The predicted octanol–water partition coefficient (Wildman–Crippen LogP) is 4.31. The van der Waals surface area contributed by atoms with Gasteiger partial charge in [0.1, 0.15) is 0 Å². The highest BCUT2D eigenvalue weighted by molar-refractivity contribution is 6.07. The first-order valence-electron chi connectivity index (χ1n) is 8.92. The lowest BCUT2D eigenvalue weighted by molar-refractivity contribution is 0.0763. The first kappa shape index (κ1) is 15.8. The van der Waals surface area contributed by atoms with Crippen LogP contribution in [0.3, 0.4) is 0 Å². The Hall–Kier alpha value is -2.75. The molecule has 126 valence electrons. The standard InChI is InChI=1S/C21H21N3O/c25-21(24-12-5-1-2-6-13-24)18-14-20(16-8-7-11-22-15-16)23-19-10-4-3-9-17(18)19/h3-4,7-11,14-15H,1-2,5-6,12-13H2. The van der Waals surface area contributed by atoms with Crippen molar-refractivity contribution in [3.63, 3.8) is 0 Å². The van der Waals surface area contributed by atoms with Crippen molar-refractivity contribution >= 4 is 16.8 Å². The van der Waals surface area contributed by atoms with Gasteiger partial charge in [-0.05, 0) is 37.1 Å². The Morgan fingerprint density at radius 2 is 1.76 bits per heavy atom. The number of pyridine rings is 2. The number of para-hydroxylation sites is 1. The molecule has 1 saturated heterocycles. The summed E-state index contributed by atoms with van der Waals surface area (Å²) >= 11 is 0. The number of carbonyl (C=O) groups excluding carboxylic acids is 1. The molecule has 25 heavy (non-hydrogen) atoms. The summed E-state index contributed by atoms with van der Waals surface area (Å²) < 4.78 is 0. The van der Waals surface area contributed by atoms with Crippen molar-refractivity contribution in [2.75, 3.05) is 13.1 Å². The number of nitrogens with zero attached hydrogens (tertiary/aromatic N) is 3. The molecule has 1 fully saturated rings. The van der Waals surface area contributed by atoms with E-state index in [-0.39, 0.29) is 5.91 Å². The molecule has 0 N–H and O–H groups in total.